The fourth-order valence-corrected chi connectivity index (χ4v) is 3.94. The number of carbonyl (C=O) groups is 3. The maximum atomic E-state index is 13.6. The highest BCUT2D eigenvalue weighted by atomic mass is 19.4. The zero-order valence-electron chi connectivity index (χ0n) is 20.9. The minimum absolute atomic E-state index is 0.127. The number of alkyl halides is 6. The maximum absolute atomic E-state index is 13.6. The van der Waals surface area contributed by atoms with E-state index < -0.39 is 65.9 Å². The second-order valence-corrected chi connectivity index (χ2v) is 9.18. The van der Waals surface area contributed by atoms with Gasteiger partial charge in [0.1, 0.15) is 11.8 Å². The van der Waals surface area contributed by atoms with Crippen molar-refractivity contribution in [1.29, 1.82) is 0 Å². The van der Waals surface area contributed by atoms with Crippen LogP contribution in [0.5, 0.6) is 5.75 Å². The lowest BCUT2D eigenvalue weighted by molar-refractivity contribution is -0.242. The van der Waals surface area contributed by atoms with Crippen molar-refractivity contribution in [3.8, 4) is 16.9 Å². The summed E-state index contributed by atoms with van der Waals surface area (Å²) in [4.78, 5) is 40.9. The van der Waals surface area contributed by atoms with Crippen molar-refractivity contribution in [2.24, 2.45) is 0 Å². The van der Waals surface area contributed by atoms with Gasteiger partial charge in [0.2, 0.25) is 5.91 Å². The zero-order chi connectivity index (χ0) is 29.9. The average Bonchev–Trinajstić information content (AvgIpc) is 3.73. The number of aromatic nitrogens is 1. The molecule has 3 aromatic rings. The third kappa shape index (κ3) is 7.96. The molecule has 14 heteroatoms. The summed E-state index contributed by atoms with van der Waals surface area (Å²) in [5.41, 5.74) is -0.742. The molecule has 1 aliphatic carbocycles. The highest BCUT2D eigenvalue weighted by Gasteiger charge is 2.37. The second kappa shape index (κ2) is 11.5. The number of halogens is 6. The number of ether oxygens (including phenoxy) is 1. The Kier molecular flexibility index (Phi) is 8.22. The fraction of sp³-hybridized carbons (Fsp3) is 0.259. The Labute approximate surface area is 228 Å². The van der Waals surface area contributed by atoms with Crippen molar-refractivity contribution < 1.29 is 50.6 Å². The van der Waals surface area contributed by atoms with E-state index in [-0.39, 0.29) is 11.6 Å². The molecule has 1 aliphatic rings. The molecular formula is C27H20F6N3O5-. The highest BCUT2D eigenvalue weighted by molar-refractivity contribution is 6.12. The molecule has 1 aromatic heterocycles. The van der Waals surface area contributed by atoms with E-state index in [1.165, 1.54) is 6.07 Å². The fourth-order valence-electron chi connectivity index (χ4n) is 3.94. The molecule has 1 saturated carbocycles. The van der Waals surface area contributed by atoms with Crippen LogP contribution in [0.25, 0.3) is 11.1 Å². The number of benzene rings is 2. The minimum atomic E-state index is -5.25. The summed E-state index contributed by atoms with van der Waals surface area (Å²) in [6.07, 6.45) is -9.38. The first kappa shape index (κ1) is 29.4. The van der Waals surface area contributed by atoms with Gasteiger partial charge in [-0.2, -0.15) is 26.3 Å². The topological polar surface area (TPSA) is 120 Å². The standard InChI is InChI=1S/C27H21F6N3O5/c28-26(29,30)13-41-23-11-21(36-25(39)40)20(10-18(23)27(31,32)33)35-24(38)12-22(37)17-3-1-2-15(8-17)16-6-7-34-19(9-16)14-4-5-14/h1-3,6-11,14,36H,4-5,12-13H2,(H,35,38)(H,39,40)/p-1. The Hall–Kier alpha value is -4.62. The molecule has 8 nitrogen and oxygen atoms in total. The number of amides is 2. The Morgan fingerprint density at radius 1 is 0.927 bits per heavy atom. The number of anilines is 2. The third-order valence-electron chi connectivity index (χ3n) is 5.94. The number of carboxylic acid groups (broad SMARTS) is 1. The molecule has 1 fully saturated rings. The van der Waals surface area contributed by atoms with Crippen molar-refractivity contribution in [3.63, 3.8) is 0 Å². The molecule has 41 heavy (non-hydrogen) atoms. The van der Waals surface area contributed by atoms with Gasteiger partial charge in [-0.15, -0.1) is 0 Å². The highest BCUT2D eigenvalue weighted by Crippen LogP contribution is 2.42. The van der Waals surface area contributed by atoms with Crippen LogP contribution >= 0.6 is 0 Å². The summed E-state index contributed by atoms with van der Waals surface area (Å²) in [5, 5.41) is 14.7. The van der Waals surface area contributed by atoms with Gasteiger partial charge in [-0.1, -0.05) is 18.2 Å². The number of rotatable bonds is 9. The van der Waals surface area contributed by atoms with Crippen LogP contribution in [0.15, 0.2) is 54.7 Å². The molecule has 0 aliphatic heterocycles. The monoisotopic (exact) mass is 580 g/mol. The second-order valence-electron chi connectivity index (χ2n) is 9.18. The van der Waals surface area contributed by atoms with Crippen LogP contribution < -0.4 is 20.5 Å². The van der Waals surface area contributed by atoms with E-state index in [2.05, 4.69) is 9.72 Å². The summed E-state index contributed by atoms with van der Waals surface area (Å²) in [6.45, 7) is -2.10. The van der Waals surface area contributed by atoms with Gasteiger partial charge < -0.3 is 25.3 Å². The average molecular weight is 580 g/mol. The smallest absolute Gasteiger partial charge is 0.422 e. The van der Waals surface area contributed by atoms with E-state index in [0.29, 0.717) is 17.5 Å². The number of Topliss-reactive ketones (excluding diaryl/α,β-unsaturated/α-hetero) is 1. The van der Waals surface area contributed by atoms with Crippen molar-refractivity contribution in [3.05, 3.63) is 71.5 Å². The lowest BCUT2D eigenvalue weighted by atomic mass is 9.99. The summed E-state index contributed by atoms with van der Waals surface area (Å²) >= 11 is 0. The summed E-state index contributed by atoms with van der Waals surface area (Å²) in [5.74, 6) is -2.76. The number of nitrogens with one attached hydrogen (secondary N) is 2. The number of ketones is 1. The van der Waals surface area contributed by atoms with Gasteiger partial charge in [0, 0.05) is 29.4 Å². The van der Waals surface area contributed by atoms with E-state index >= 15 is 0 Å². The first-order valence-corrected chi connectivity index (χ1v) is 12.0. The molecule has 0 atom stereocenters. The Morgan fingerprint density at radius 3 is 2.24 bits per heavy atom. The van der Waals surface area contributed by atoms with Gasteiger partial charge in [-0.25, -0.2) is 0 Å². The Balaban J connectivity index is 1.55. The van der Waals surface area contributed by atoms with E-state index in [1.807, 2.05) is 11.4 Å². The first-order valence-electron chi connectivity index (χ1n) is 12.0. The van der Waals surface area contributed by atoms with Crippen molar-refractivity contribution in [2.75, 3.05) is 17.2 Å². The van der Waals surface area contributed by atoms with E-state index in [0.717, 1.165) is 24.1 Å². The number of pyridine rings is 1. The van der Waals surface area contributed by atoms with Crippen LogP contribution in [-0.2, 0) is 11.0 Å². The van der Waals surface area contributed by atoms with Crippen molar-refractivity contribution in [1.82, 2.24) is 4.98 Å². The van der Waals surface area contributed by atoms with Gasteiger partial charge in [-0.3, -0.25) is 14.6 Å². The Bertz CT molecular complexity index is 1480. The molecule has 0 bridgehead atoms. The number of hydrogen-bond acceptors (Lipinski definition) is 6. The predicted molar refractivity (Wildman–Crippen MR) is 131 cm³/mol. The molecule has 4 rings (SSSR count). The molecule has 0 unspecified atom stereocenters. The quantitative estimate of drug-likeness (QED) is 0.195. The van der Waals surface area contributed by atoms with Crippen LogP contribution in [0.3, 0.4) is 0 Å². The van der Waals surface area contributed by atoms with Crippen molar-refractivity contribution in [2.45, 2.75) is 37.5 Å². The van der Waals surface area contributed by atoms with E-state index in [1.54, 1.807) is 35.8 Å². The SMILES string of the molecule is O=C([O-])Nc1cc(OCC(F)(F)F)c(C(F)(F)F)cc1NC(=O)CC(=O)c1cccc(-c2ccnc(C3CC3)c2)c1. The van der Waals surface area contributed by atoms with Gasteiger partial charge in [0.05, 0.1) is 23.4 Å². The first-order chi connectivity index (χ1) is 19.2. The largest absolute Gasteiger partial charge is 0.530 e. The number of nitrogens with zero attached hydrogens (tertiary/aromatic N) is 1. The molecule has 216 valence electrons. The van der Waals surface area contributed by atoms with E-state index in [4.69, 9.17) is 0 Å². The number of hydrogen-bond donors (Lipinski definition) is 2. The number of carbonyl (C=O) groups excluding carboxylic acids is 3. The Morgan fingerprint density at radius 2 is 1.61 bits per heavy atom. The van der Waals surface area contributed by atoms with Crippen LogP contribution in [0.2, 0.25) is 0 Å². The lowest BCUT2D eigenvalue weighted by Gasteiger charge is -2.20. The van der Waals surface area contributed by atoms with E-state index in [9.17, 15) is 45.8 Å². The maximum Gasteiger partial charge on any atom is 0.422 e. The molecule has 0 radical (unpaired) electrons. The molecule has 2 aromatic carbocycles. The van der Waals surface area contributed by atoms with Crippen molar-refractivity contribution >= 4 is 29.2 Å². The van der Waals surface area contributed by atoms with Gasteiger partial charge in [0.15, 0.2) is 12.4 Å². The molecule has 2 amide bonds. The van der Waals surface area contributed by atoms with Crippen LogP contribution in [0.4, 0.5) is 42.5 Å². The molecule has 0 saturated heterocycles. The van der Waals surface area contributed by atoms with Crippen LogP contribution in [-0.4, -0.2) is 35.6 Å². The van der Waals surface area contributed by atoms with Crippen LogP contribution in [0.1, 0.15) is 46.8 Å². The lowest BCUT2D eigenvalue weighted by Crippen LogP contribution is -2.30. The summed E-state index contributed by atoms with van der Waals surface area (Å²) in [6, 6.07) is 10.5. The predicted octanol–water partition coefficient (Wildman–Crippen LogP) is 5.55. The molecule has 0 spiro atoms. The van der Waals surface area contributed by atoms with Gasteiger partial charge >= 0.3 is 12.4 Å². The third-order valence-corrected chi connectivity index (χ3v) is 5.94. The molecule has 2 N–H and O–H groups in total. The molecular weight excluding hydrogens is 560 g/mol. The normalized spacial score (nSPS) is 13.4. The van der Waals surface area contributed by atoms with Gasteiger partial charge in [0.25, 0.3) is 0 Å². The molecule has 1 heterocycles. The summed E-state index contributed by atoms with van der Waals surface area (Å²) < 4.78 is 82.6. The van der Waals surface area contributed by atoms with Gasteiger partial charge in [-0.05, 0) is 48.2 Å². The summed E-state index contributed by atoms with van der Waals surface area (Å²) in [7, 11) is 0. The zero-order valence-corrected chi connectivity index (χ0v) is 20.9. The minimum Gasteiger partial charge on any atom is -0.530 e. The van der Waals surface area contributed by atoms with Crippen LogP contribution in [0, 0.1) is 0 Å².